The van der Waals surface area contributed by atoms with Crippen molar-refractivity contribution in [3.05, 3.63) is 40.8 Å². The summed E-state index contributed by atoms with van der Waals surface area (Å²) >= 11 is 1.79. The second-order valence-corrected chi connectivity index (χ2v) is 5.43. The number of thiophene rings is 1. The Labute approximate surface area is 110 Å². The van der Waals surface area contributed by atoms with Crippen LogP contribution in [-0.4, -0.2) is 9.97 Å². The molecule has 0 unspecified atom stereocenters. The fourth-order valence-corrected chi connectivity index (χ4v) is 2.89. The Bertz CT molecular complexity index is 681. The number of nitrogens with one attached hydrogen (secondary N) is 1. The molecule has 2 aromatic heterocycles. The number of nitrogens with two attached hydrogens (primary N) is 1. The van der Waals surface area contributed by atoms with Crippen LogP contribution in [0, 0.1) is 0 Å². The van der Waals surface area contributed by atoms with E-state index in [0.717, 1.165) is 28.8 Å². The molecule has 18 heavy (non-hydrogen) atoms. The van der Waals surface area contributed by atoms with Crippen LogP contribution in [0.5, 0.6) is 0 Å². The van der Waals surface area contributed by atoms with Crippen molar-refractivity contribution >= 4 is 22.4 Å². The van der Waals surface area contributed by atoms with Gasteiger partial charge in [-0.25, -0.2) is 4.98 Å². The van der Waals surface area contributed by atoms with E-state index >= 15 is 0 Å². The molecule has 0 fully saturated rings. The fourth-order valence-electron chi connectivity index (χ4n) is 2.00. The molecule has 0 saturated heterocycles. The SMILES string of the molecule is CCc1ccc(-c2nc3ccc(CN)cc3[nH]2)s1. The van der Waals surface area contributed by atoms with Crippen LogP contribution in [0.4, 0.5) is 0 Å². The number of nitrogens with zero attached hydrogens (tertiary/aromatic N) is 1. The molecule has 3 aromatic rings. The third-order valence-corrected chi connectivity index (χ3v) is 4.26. The first-order chi connectivity index (χ1) is 8.80. The van der Waals surface area contributed by atoms with E-state index in [1.54, 1.807) is 11.3 Å². The highest BCUT2D eigenvalue weighted by atomic mass is 32.1. The summed E-state index contributed by atoms with van der Waals surface area (Å²) in [6.45, 7) is 2.73. The van der Waals surface area contributed by atoms with Crippen molar-refractivity contribution in [1.29, 1.82) is 0 Å². The zero-order chi connectivity index (χ0) is 12.5. The van der Waals surface area contributed by atoms with Gasteiger partial charge in [0.1, 0.15) is 5.82 Å². The number of H-pyrrole nitrogens is 1. The smallest absolute Gasteiger partial charge is 0.148 e. The number of aromatic nitrogens is 2. The molecular formula is C14H15N3S. The highest BCUT2D eigenvalue weighted by molar-refractivity contribution is 7.15. The summed E-state index contributed by atoms with van der Waals surface area (Å²) in [5.74, 6) is 0.948. The second kappa shape index (κ2) is 4.55. The zero-order valence-corrected chi connectivity index (χ0v) is 11.1. The highest BCUT2D eigenvalue weighted by Crippen LogP contribution is 2.28. The van der Waals surface area contributed by atoms with Gasteiger partial charge in [-0.3, -0.25) is 0 Å². The lowest BCUT2D eigenvalue weighted by Crippen LogP contribution is -1.95. The van der Waals surface area contributed by atoms with Crippen molar-refractivity contribution in [1.82, 2.24) is 9.97 Å². The van der Waals surface area contributed by atoms with Gasteiger partial charge < -0.3 is 10.7 Å². The summed E-state index contributed by atoms with van der Waals surface area (Å²) in [6, 6.07) is 10.4. The molecule has 4 heteroatoms. The molecule has 0 spiro atoms. The number of hydrogen-bond acceptors (Lipinski definition) is 3. The van der Waals surface area contributed by atoms with E-state index in [1.807, 2.05) is 12.1 Å². The largest absolute Gasteiger partial charge is 0.337 e. The minimum atomic E-state index is 0.559. The van der Waals surface area contributed by atoms with E-state index in [4.69, 9.17) is 5.73 Å². The molecule has 0 bridgehead atoms. The van der Waals surface area contributed by atoms with Crippen molar-refractivity contribution in [2.24, 2.45) is 5.73 Å². The molecule has 3 N–H and O–H groups in total. The molecule has 1 aromatic carbocycles. The standard InChI is InChI=1S/C14H15N3S/c1-2-10-4-6-13(18-10)14-16-11-5-3-9(8-15)7-12(11)17-14/h3-7H,2,8,15H2,1H3,(H,16,17). The normalized spacial score (nSPS) is 11.2. The third-order valence-electron chi connectivity index (χ3n) is 3.03. The Morgan fingerprint density at radius 2 is 2.17 bits per heavy atom. The maximum absolute atomic E-state index is 5.65. The number of hydrogen-bond donors (Lipinski definition) is 2. The average Bonchev–Trinajstić information content (AvgIpc) is 3.03. The monoisotopic (exact) mass is 257 g/mol. The lowest BCUT2D eigenvalue weighted by Gasteiger charge is -1.94. The van der Waals surface area contributed by atoms with E-state index in [0.29, 0.717) is 6.54 Å². The Kier molecular flexibility index (Phi) is 2.89. The Morgan fingerprint density at radius 3 is 2.89 bits per heavy atom. The molecular weight excluding hydrogens is 242 g/mol. The number of aryl methyl sites for hydroxylation is 1. The number of fused-ring (bicyclic) bond motifs is 1. The highest BCUT2D eigenvalue weighted by Gasteiger charge is 2.07. The van der Waals surface area contributed by atoms with Crippen LogP contribution in [0.15, 0.2) is 30.3 Å². The van der Waals surface area contributed by atoms with E-state index in [2.05, 4.69) is 35.1 Å². The summed E-state index contributed by atoms with van der Waals surface area (Å²) in [6.07, 6.45) is 1.07. The molecule has 0 aliphatic carbocycles. The first-order valence-electron chi connectivity index (χ1n) is 6.08. The van der Waals surface area contributed by atoms with E-state index in [9.17, 15) is 0 Å². The van der Waals surface area contributed by atoms with Crippen molar-refractivity contribution in [2.45, 2.75) is 19.9 Å². The average molecular weight is 257 g/mol. The maximum Gasteiger partial charge on any atom is 0.148 e. The topological polar surface area (TPSA) is 54.7 Å². The predicted molar refractivity (Wildman–Crippen MR) is 76.7 cm³/mol. The summed E-state index contributed by atoms with van der Waals surface area (Å²) < 4.78 is 0. The van der Waals surface area contributed by atoms with Gasteiger partial charge in [0.2, 0.25) is 0 Å². The Balaban J connectivity index is 2.07. The lowest BCUT2D eigenvalue weighted by atomic mass is 10.2. The quantitative estimate of drug-likeness (QED) is 0.756. The molecule has 0 atom stereocenters. The van der Waals surface area contributed by atoms with Crippen LogP contribution < -0.4 is 5.73 Å². The molecule has 0 radical (unpaired) electrons. The summed E-state index contributed by atoms with van der Waals surface area (Å²) in [5.41, 5.74) is 8.82. The molecule has 3 nitrogen and oxygen atoms in total. The summed E-state index contributed by atoms with van der Waals surface area (Å²) in [4.78, 5) is 10.6. The molecule has 0 aliphatic rings. The molecule has 0 aliphatic heterocycles. The van der Waals surface area contributed by atoms with Crippen LogP contribution in [0.25, 0.3) is 21.7 Å². The van der Waals surface area contributed by atoms with Gasteiger partial charge in [0, 0.05) is 11.4 Å². The van der Waals surface area contributed by atoms with Crippen molar-refractivity contribution in [2.75, 3.05) is 0 Å². The summed E-state index contributed by atoms with van der Waals surface area (Å²) in [7, 11) is 0. The minimum Gasteiger partial charge on any atom is -0.337 e. The van der Waals surface area contributed by atoms with Crippen LogP contribution in [0.3, 0.4) is 0 Å². The molecule has 3 rings (SSSR count). The summed E-state index contributed by atoms with van der Waals surface area (Å²) in [5, 5.41) is 0. The van der Waals surface area contributed by atoms with Crippen LogP contribution in [-0.2, 0) is 13.0 Å². The molecule has 0 amide bonds. The van der Waals surface area contributed by atoms with Crippen molar-refractivity contribution in [3.8, 4) is 10.7 Å². The predicted octanol–water partition coefficient (Wildman–Crippen LogP) is 3.31. The van der Waals surface area contributed by atoms with E-state index in [-0.39, 0.29) is 0 Å². The van der Waals surface area contributed by atoms with Crippen LogP contribution in [0.2, 0.25) is 0 Å². The lowest BCUT2D eigenvalue weighted by molar-refractivity contribution is 1.07. The van der Waals surface area contributed by atoms with Crippen molar-refractivity contribution in [3.63, 3.8) is 0 Å². The number of benzene rings is 1. The Hall–Kier alpha value is -1.65. The molecule has 0 saturated carbocycles. The second-order valence-electron chi connectivity index (χ2n) is 4.26. The maximum atomic E-state index is 5.65. The van der Waals surface area contributed by atoms with Gasteiger partial charge in [-0.2, -0.15) is 0 Å². The minimum absolute atomic E-state index is 0.559. The van der Waals surface area contributed by atoms with Crippen molar-refractivity contribution < 1.29 is 0 Å². The first-order valence-corrected chi connectivity index (χ1v) is 6.89. The van der Waals surface area contributed by atoms with Gasteiger partial charge in [-0.05, 0) is 36.2 Å². The third kappa shape index (κ3) is 1.94. The zero-order valence-electron chi connectivity index (χ0n) is 10.2. The fraction of sp³-hybridized carbons (Fsp3) is 0.214. The Morgan fingerprint density at radius 1 is 1.28 bits per heavy atom. The van der Waals surface area contributed by atoms with Gasteiger partial charge in [0.25, 0.3) is 0 Å². The molecule has 92 valence electrons. The van der Waals surface area contributed by atoms with Gasteiger partial charge in [0.05, 0.1) is 15.9 Å². The van der Waals surface area contributed by atoms with Gasteiger partial charge >= 0.3 is 0 Å². The van der Waals surface area contributed by atoms with E-state index in [1.165, 1.54) is 9.75 Å². The number of aromatic amines is 1. The van der Waals surface area contributed by atoms with Gasteiger partial charge in [-0.15, -0.1) is 11.3 Å². The molecule has 2 heterocycles. The van der Waals surface area contributed by atoms with Gasteiger partial charge in [-0.1, -0.05) is 13.0 Å². The number of imidazole rings is 1. The number of rotatable bonds is 3. The van der Waals surface area contributed by atoms with Gasteiger partial charge in [0.15, 0.2) is 0 Å². The van der Waals surface area contributed by atoms with Crippen LogP contribution >= 0.6 is 11.3 Å². The van der Waals surface area contributed by atoms with Crippen LogP contribution in [0.1, 0.15) is 17.4 Å². The van der Waals surface area contributed by atoms with E-state index < -0.39 is 0 Å². The first kappa shape index (κ1) is 11.4.